The Morgan fingerprint density at radius 3 is 2.87 bits per heavy atom. The summed E-state index contributed by atoms with van der Waals surface area (Å²) in [6, 6.07) is 6.60. The number of hydrogen-bond acceptors (Lipinski definition) is 10. The summed E-state index contributed by atoms with van der Waals surface area (Å²) in [7, 11) is 1.58. The number of carbonyl (C=O) groups excluding carboxylic acids is 2. The van der Waals surface area contributed by atoms with Gasteiger partial charge in [0.25, 0.3) is 0 Å². The van der Waals surface area contributed by atoms with E-state index < -0.39 is 12.0 Å². The van der Waals surface area contributed by atoms with Crippen LogP contribution in [0.5, 0.6) is 5.75 Å². The number of methoxy groups -OCH3 is 1. The van der Waals surface area contributed by atoms with Gasteiger partial charge in [-0.3, -0.25) is 9.69 Å². The number of alkyl halides is 1. The molecule has 2 aliphatic heterocycles. The highest BCUT2D eigenvalue weighted by molar-refractivity contribution is 8.07. The van der Waals surface area contributed by atoms with Crippen molar-refractivity contribution in [1.82, 2.24) is 14.5 Å². The van der Waals surface area contributed by atoms with Crippen molar-refractivity contribution in [2.24, 2.45) is 5.73 Å². The van der Waals surface area contributed by atoms with Crippen molar-refractivity contribution >= 4 is 58.5 Å². The van der Waals surface area contributed by atoms with E-state index >= 15 is 0 Å². The number of nitrogens with two attached hydrogens (primary N) is 1. The predicted molar refractivity (Wildman–Crippen MR) is 116 cm³/mol. The summed E-state index contributed by atoms with van der Waals surface area (Å²) >= 11 is 9.98. The standard InChI is InChI=1S/C18H17ClN4O4S3/c1-26-10-4-2-9(3-5-10)7-27-17(25)14-12(29-18-11(6-19)21-22-30-18)8-28-16-13(20)15(24)23(14)16/h2-5,13,16H,6-8,20H2,1H3/t13-,16-/m1/s1. The summed E-state index contributed by atoms with van der Waals surface area (Å²) in [5, 5.41) is 3.73. The van der Waals surface area contributed by atoms with Gasteiger partial charge in [0.2, 0.25) is 5.91 Å². The molecule has 2 aromatic rings. The van der Waals surface area contributed by atoms with Crippen LogP contribution in [0.3, 0.4) is 0 Å². The van der Waals surface area contributed by atoms with E-state index in [0.29, 0.717) is 22.1 Å². The van der Waals surface area contributed by atoms with Gasteiger partial charge in [-0.05, 0) is 29.2 Å². The summed E-state index contributed by atoms with van der Waals surface area (Å²) in [4.78, 5) is 27.6. The fraction of sp³-hybridized carbons (Fsp3) is 0.333. The van der Waals surface area contributed by atoms with Gasteiger partial charge in [-0.2, -0.15) is 0 Å². The van der Waals surface area contributed by atoms with Crippen molar-refractivity contribution in [3.8, 4) is 5.75 Å². The number of esters is 1. The first-order valence-electron chi connectivity index (χ1n) is 8.82. The van der Waals surface area contributed by atoms with E-state index in [2.05, 4.69) is 9.59 Å². The molecule has 1 amide bonds. The van der Waals surface area contributed by atoms with Crippen molar-refractivity contribution < 1.29 is 19.1 Å². The minimum atomic E-state index is -0.616. The molecule has 2 aliphatic rings. The van der Waals surface area contributed by atoms with Crippen LogP contribution in [0.4, 0.5) is 0 Å². The lowest BCUT2D eigenvalue weighted by Crippen LogP contribution is -2.68. The van der Waals surface area contributed by atoms with Crippen molar-refractivity contribution in [2.75, 3.05) is 12.9 Å². The van der Waals surface area contributed by atoms with E-state index in [1.807, 2.05) is 12.1 Å². The molecule has 0 spiro atoms. The molecule has 0 unspecified atom stereocenters. The summed E-state index contributed by atoms with van der Waals surface area (Å²) in [5.74, 6) is 0.601. The molecule has 4 rings (SSSR count). The first kappa shape index (κ1) is 21.4. The molecule has 1 saturated heterocycles. The van der Waals surface area contributed by atoms with Crippen LogP contribution in [0.2, 0.25) is 0 Å². The predicted octanol–water partition coefficient (Wildman–Crippen LogP) is 2.58. The first-order chi connectivity index (χ1) is 14.5. The molecule has 0 radical (unpaired) electrons. The first-order valence-corrected chi connectivity index (χ1v) is 12.0. The molecule has 0 saturated carbocycles. The Balaban J connectivity index is 1.57. The zero-order chi connectivity index (χ0) is 21.3. The number of aromatic nitrogens is 2. The lowest BCUT2D eigenvalue weighted by Gasteiger charge is -2.48. The quantitative estimate of drug-likeness (QED) is 0.360. The molecule has 0 bridgehead atoms. The van der Waals surface area contributed by atoms with Gasteiger partial charge in [0.15, 0.2) is 0 Å². The number of β-lactam (4-membered cyclic amide) rings is 1. The second-order valence-electron chi connectivity index (χ2n) is 6.37. The second kappa shape index (κ2) is 9.15. The highest BCUT2D eigenvalue weighted by atomic mass is 35.5. The van der Waals surface area contributed by atoms with Crippen molar-refractivity contribution in [3.63, 3.8) is 0 Å². The summed E-state index contributed by atoms with van der Waals surface area (Å²) < 4.78 is 15.4. The van der Waals surface area contributed by atoms with E-state index in [1.165, 1.54) is 40.0 Å². The molecule has 158 valence electrons. The molecular weight excluding hydrogens is 468 g/mol. The number of halogens is 1. The summed E-state index contributed by atoms with van der Waals surface area (Å²) in [6.45, 7) is 0.0746. The fourth-order valence-corrected chi connectivity index (χ4v) is 6.61. The van der Waals surface area contributed by atoms with Crippen molar-refractivity contribution in [2.45, 2.75) is 28.1 Å². The van der Waals surface area contributed by atoms with Crippen LogP contribution < -0.4 is 10.5 Å². The van der Waals surface area contributed by atoms with Gasteiger partial charge in [0.1, 0.15) is 39.4 Å². The number of thioether (sulfide) groups is 2. The van der Waals surface area contributed by atoms with Crippen LogP contribution in [0.25, 0.3) is 0 Å². The average Bonchev–Trinajstić information content (AvgIpc) is 3.24. The normalized spacial score (nSPS) is 20.6. The minimum Gasteiger partial charge on any atom is -0.497 e. The number of benzene rings is 1. The van der Waals surface area contributed by atoms with Gasteiger partial charge in [-0.25, -0.2) is 4.79 Å². The largest absolute Gasteiger partial charge is 0.497 e. The maximum atomic E-state index is 13.0. The van der Waals surface area contributed by atoms with Gasteiger partial charge in [0.05, 0.1) is 13.0 Å². The van der Waals surface area contributed by atoms with Crippen molar-refractivity contribution in [1.29, 1.82) is 0 Å². The van der Waals surface area contributed by atoms with Gasteiger partial charge in [0, 0.05) is 10.7 Å². The van der Waals surface area contributed by atoms with E-state index in [1.54, 1.807) is 19.2 Å². The number of carbonyl (C=O) groups is 2. The van der Waals surface area contributed by atoms with Gasteiger partial charge >= 0.3 is 5.97 Å². The fourth-order valence-electron chi connectivity index (χ4n) is 2.97. The maximum absolute atomic E-state index is 13.0. The number of amides is 1. The average molecular weight is 485 g/mol. The number of ether oxygens (including phenoxy) is 2. The SMILES string of the molecule is COc1ccc(COC(=O)C2=C(Sc3snnc3CCl)CS[C@@H]3[C@H](N)C(=O)N23)cc1. The van der Waals surface area contributed by atoms with Crippen LogP contribution >= 0.6 is 46.7 Å². The van der Waals surface area contributed by atoms with Crippen LogP contribution in [0, 0.1) is 0 Å². The molecular formula is C18H17ClN4O4S3. The summed E-state index contributed by atoms with van der Waals surface area (Å²) in [5.41, 5.74) is 7.60. The molecule has 12 heteroatoms. The highest BCUT2D eigenvalue weighted by Gasteiger charge is 2.52. The molecule has 8 nitrogen and oxygen atoms in total. The smallest absolute Gasteiger partial charge is 0.356 e. The zero-order valence-corrected chi connectivity index (χ0v) is 18.9. The van der Waals surface area contributed by atoms with Crippen LogP contribution in [-0.4, -0.2) is 50.6 Å². The third-order valence-corrected chi connectivity index (χ3v) is 8.34. The Labute approximate surface area is 190 Å². The molecule has 2 N–H and O–H groups in total. The van der Waals surface area contributed by atoms with Gasteiger partial charge in [-0.1, -0.05) is 28.4 Å². The molecule has 2 atom stereocenters. The van der Waals surface area contributed by atoms with Crippen LogP contribution in [0.15, 0.2) is 39.1 Å². The number of fused-ring (bicyclic) bond motifs is 1. The Bertz CT molecular complexity index is 998. The monoisotopic (exact) mass is 484 g/mol. The number of nitrogens with zero attached hydrogens (tertiary/aromatic N) is 3. The summed E-state index contributed by atoms with van der Waals surface area (Å²) in [6.07, 6.45) is 0. The third kappa shape index (κ3) is 4.04. The van der Waals surface area contributed by atoms with Crippen molar-refractivity contribution in [3.05, 3.63) is 46.1 Å². The van der Waals surface area contributed by atoms with Gasteiger partial charge in [-0.15, -0.1) is 28.5 Å². The number of rotatable bonds is 7. The molecule has 0 aliphatic carbocycles. The van der Waals surface area contributed by atoms with E-state index in [4.69, 9.17) is 26.8 Å². The van der Waals surface area contributed by atoms with Crippen LogP contribution in [0.1, 0.15) is 11.3 Å². The highest BCUT2D eigenvalue weighted by Crippen LogP contribution is 2.46. The Hall–Kier alpha value is -1.79. The molecule has 3 heterocycles. The van der Waals surface area contributed by atoms with E-state index in [9.17, 15) is 9.59 Å². The van der Waals surface area contributed by atoms with Gasteiger partial charge < -0.3 is 15.2 Å². The van der Waals surface area contributed by atoms with Crippen LogP contribution in [-0.2, 0) is 26.8 Å². The lowest BCUT2D eigenvalue weighted by atomic mass is 10.1. The zero-order valence-electron chi connectivity index (χ0n) is 15.7. The topological polar surface area (TPSA) is 108 Å². The molecule has 1 fully saturated rings. The molecule has 1 aromatic carbocycles. The minimum absolute atomic E-state index is 0.0746. The Kier molecular flexibility index (Phi) is 6.54. The molecule has 30 heavy (non-hydrogen) atoms. The third-order valence-electron chi connectivity index (χ3n) is 4.56. The van der Waals surface area contributed by atoms with E-state index in [-0.39, 0.29) is 29.5 Å². The number of hydrogen-bond donors (Lipinski definition) is 1. The second-order valence-corrected chi connectivity index (χ2v) is 9.86. The Morgan fingerprint density at radius 2 is 2.17 bits per heavy atom. The Morgan fingerprint density at radius 1 is 1.40 bits per heavy atom. The lowest BCUT2D eigenvalue weighted by molar-refractivity contribution is -0.151. The van der Waals surface area contributed by atoms with E-state index in [0.717, 1.165) is 9.77 Å². The maximum Gasteiger partial charge on any atom is 0.356 e. The molecule has 1 aromatic heterocycles.